The average Bonchev–Trinajstić information content (AvgIpc) is 2.62. The molecule has 24 heavy (non-hydrogen) atoms. The lowest BCUT2D eigenvalue weighted by Gasteiger charge is -2.44. The number of amides is 1. The van der Waals surface area contributed by atoms with E-state index in [-0.39, 0.29) is 12.0 Å². The quantitative estimate of drug-likeness (QED) is 0.870. The van der Waals surface area contributed by atoms with Crippen LogP contribution in [0.1, 0.15) is 30.9 Å². The minimum absolute atomic E-state index is 0.0901. The topological polar surface area (TPSA) is 36.4 Å². The molecule has 0 spiro atoms. The van der Waals surface area contributed by atoms with Gasteiger partial charge in [-0.25, -0.2) is 4.98 Å². The Bertz CT molecular complexity index is 689. The molecule has 2 aliphatic heterocycles. The first-order valence-electron chi connectivity index (χ1n) is 8.84. The number of rotatable bonds is 3. The van der Waals surface area contributed by atoms with Crippen LogP contribution in [-0.4, -0.2) is 35.4 Å². The average molecular weight is 321 g/mol. The molecule has 0 aliphatic carbocycles. The molecule has 4 heteroatoms. The van der Waals surface area contributed by atoms with Crippen LogP contribution in [0.25, 0.3) is 0 Å². The number of benzene rings is 1. The maximum absolute atomic E-state index is 13.0. The lowest BCUT2D eigenvalue weighted by molar-refractivity contribution is -0.144. The molecule has 2 fully saturated rings. The summed E-state index contributed by atoms with van der Waals surface area (Å²) < 4.78 is 0. The second-order valence-corrected chi connectivity index (χ2v) is 6.72. The predicted molar refractivity (Wildman–Crippen MR) is 94.7 cm³/mol. The number of piperidine rings is 1. The van der Waals surface area contributed by atoms with Gasteiger partial charge in [0.05, 0.1) is 12.0 Å². The Morgan fingerprint density at radius 1 is 1.00 bits per heavy atom. The Kier molecular flexibility index (Phi) is 4.20. The van der Waals surface area contributed by atoms with Gasteiger partial charge >= 0.3 is 0 Å². The third-order valence-corrected chi connectivity index (χ3v) is 5.23. The van der Waals surface area contributed by atoms with Crippen LogP contribution in [0.2, 0.25) is 0 Å². The van der Waals surface area contributed by atoms with E-state index in [9.17, 15) is 4.79 Å². The molecule has 0 N–H and O–H groups in total. The standard InChI is InChI=1S/C20H23N3O/c24-20(23-14-11-18(23)16-7-2-1-3-8-16)17-9-6-13-22(15-17)19-10-4-5-12-21-19/h1-5,7-8,10,12,17-18H,6,9,11,13-15H2/t17-,18-/m0/s1. The fourth-order valence-electron chi connectivity index (χ4n) is 3.83. The third kappa shape index (κ3) is 2.88. The minimum atomic E-state index is 0.0901. The van der Waals surface area contributed by atoms with Crippen LogP contribution < -0.4 is 4.90 Å². The summed E-state index contributed by atoms with van der Waals surface area (Å²) >= 11 is 0. The van der Waals surface area contributed by atoms with E-state index in [1.165, 1.54) is 5.56 Å². The summed E-state index contributed by atoms with van der Waals surface area (Å²) in [6, 6.07) is 16.6. The Morgan fingerprint density at radius 2 is 1.83 bits per heavy atom. The number of anilines is 1. The molecular weight excluding hydrogens is 298 g/mol. The maximum atomic E-state index is 13.0. The molecule has 0 radical (unpaired) electrons. The van der Waals surface area contributed by atoms with E-state index in [1.54, 1.807) is 0 Å². The van der Waals surface area contributed by atoms with Gasteiger partial charge in [-0.3, -0.25) is 4.79 Å². The summed E-state index contributed by atoms with van der Waals surface area (Å²) in [5.74, 6) is 1.39. The molecule has 0 bridgehead atoms. The third-order valence-electron chi connectivity index (χ3n) is 5.23. The Labute approximate surface area is 143 Å². The second kappa shape index (κ2) is 6.63. The highest BCUT2D eigenvalue weighted by molar-refractivity contribution is 5.81. The second-order valence-electron chi connectivity index (χ2n) is 6.72. The van der Waals surface area contributed by atoms with Crippen LogP contribution in [0.3, 0.4) is 0 Å². The van der Waals surface area contributed by atoms with Crippen molar-refractivity contribution >= 4 is 11.7 Å². The molecule has 3 heterocycles. The van der Waals surface area contributed by atoms with Crippen LogP contribution >= 0.6 is 0 Å². The lowest BCUT2D eigenvalue weighted by Crippen LogP contribution is -2.51. The first kappa shape index (κ1) is 15.2. The van der Waals surface area contributed by atoms with Crippen molar-refractivity contribution in [3.05, 3.63) is 60.3 Å². The van der Waals surface area contributed by atoms with Gasteiger partial charge in [-0.2, -0.15) is 0 Å². The Balaban J connectivity index is 1.45. The zero-order valence-corrected chi connectivity index (χ0v) is 13.8. The molecule has 1 aromatic heterocycles. The summed E-state index contributed by atoms with van der Waals surface area (Å²) in [6.45, 7) is 2.66. The van der Waals surface area contributed by atoms with Crippen LogP contribution in [0.4, 0.5) is 5.82 Å². The molecule has 2 saturated heterocycles. The van der Waals surface area contributed by atoms with Gasteiger partial charge in [0.25, 0.3) is 0 Å². The number of carbonyl (C=O) groups excluding carboxylic acids is 1. The zero-order valence-electron chi connectivity index (χ0n) is 13.8. The number of likely N-dealkylation sites (tertiary alicyclic amines) is 1. The van der Waals surface area contributed by atoms with Crippen molar-refractivity contribution in [3.8, 4) is 0 Å². The number of hydrogen-bond acceptors (Lipinski definition) is 3. The highest BCUT2D eigenvalue weighted by Gasteiger charge is 2.38. The molecule has 2 aliphatic rings. The highest BCUT2D eigenvalue weighted by atomic mass is 16.2. The summed E-state index contributed by atoms with van der Waals surface area (Å²) in [5, 5.41) is 0. The predicted octanol–water partition coefficient (Wildman–Crippen LogP) is 3.27. The molecule has 124 valence electrons. The minimum Gasteiger partial charge on any atom is -0.356 e. The van der Waals surface area contributed by atoms with Gasteiger partial charge in [-0.1, -0.05) is 36.4 Å². The first-order valence-corrected chi connectivity index (χ1v) is 8.84. The first-order chi connectivity index (χ1) is 11.8. The summed E-state index contributed by atoms with van der Waals surface area (Å²) in [6.07, 6.45) is 4.94. The largest absolute Gasteiger partial charge is 0.356 e. The fourth-order valence-corrected chi connectivity index (χ4v) is 3.83. The summed E-state index contributed by atoms with van der Waals surface area (Å²) in [5.41, 5.74) is 1.26. The maximum Gasteiger partial charge on any atom is 0.227 e. The molecule has 0 saturated carbocycles. The molecule has 1 amide bonds. The molecular formula is C20H23N3O. The van der Waals surface area contributed by atoms with Crippen molar-refractivity contribution in [1.82, 2.24) is 9.88 Å². The smallest absolute Gasteiger partial charge is 0.227 e. The van der Waals surface area contributed by atoms with Gasteiger partial charge in [-0.05, 0) is 37.0 Å². The fraction of sp³-hybridized carbons (Fsp3) is 0.400. The summed E-state index contributed by atoms with van der Waals surface area (Å²) in [7, 11) is 0. The molecule has 2 aromatic rings. The molecule has 1 aromatic carbocycles. The molecule has 4 nitrogen and oxygen atoms in total. The van der Waals surface area contributed by atoms with Crippen molar-refractivity contribution < 1.29 is 4.79 Å². The highest BCUT2D eigenvalue weighted by Crippen LogP contribution is 2.35. The van der Waals surface area contributed by atoms with E-state index in [0.717, 1.165) is 44.7 Å². The number of carbonyl (C=O) groups is 1. The Morgan fingerprint density at radius 3 is 2.54 bits per heavy atom. The van der Waals surface area contributed by atoms with E-state index in [2.05, 4.69) is 39.0 Å². The van der Waals surface area contributed by atoms with Gasteiger partial charge in [0.1, 0.15) is 5.82 Å². The van der Waals surface area contributed by atoms with Crippen molar-refractivity contribution in [2.24, 2.45) is 5.92 Å². The normalized spacial score (nSPS) is 23.7. The van der Waals surface area contributed by atoms with Gasteiger partial charge in [0.2, 0.25) is 5.91 Å². The molecule has 0 unspecified atom stereocenters. The van der Waals surface area contributed by atoms with Gasteiger partial charge in [0.15, 0.2) is 0 Å². The Hall–Kier alpha value is -2.36. The molecule has 4 rings (SSSR count). The van der Waals surface area contributed by atoms with Gasteiger partial charge in [0, 0.05) is 25.8 Å². The van der Waals surface area contributed by atoms with Crippen molar-refractivity contribution in [3.63, 3.8) is 0 Å². The number of aromatic nitrogens is 1. The van der Waals surface area contributed by atoms with Gasteiger partial charge < -0.3 is 9.80 Å². The monoisotopic (exact) mass is 321 g/mol. The van der Waals surface area contributed by atoms with Crippen molar-refractivity contribution in [1.29, 1.82) is 0 Å². The van der Waals surface area contributed by atoms with Crippen LogP contribution in [-0.2, 0) is 4.79 Å². The van der Waals surface area contributed by atoms with Crippen molar-refractivity contribution in [2.45, 2.75) is 25.3 Å². The summed E-state index contributed by atoms with van der Waals surface area (Å²) in [4.78, 5) is 21.8. The van der Waals surface area contributed by atoms with E-state index in [1.807, 2.05) is 30.5 Å². The number of pyridine rings is 1. The zero-order chi connectivity index (χ0) is 16.4. The number of hydrogen-bond donors (Lipinski definition) is 0. The van der Waals surface area contributed by atoms with E-state index in [0.29, 0.717) is 5.91 Å². The van der Waals surface area contributed by atoms with Crippen molar-refractivity contribution in [2.75, 3.05) is 24.5 Å². The van der Waals surface area contributed by atoms with E-state index >= 15 is 0 Å². The van der Waals surface area contributed by atoms with Crippen LogP contribution in [0, 0.1) is 5.92 Å². The lowest BCUT2D eigenvalue weighted by atomic mass is 9.90. The van der Waals surface area contributed by atoms with Crippen LogP contribution in [0.5, 0.6) is 0 Å². The van der Waals surface area contributed by atoms with Crippen LogP contribution in [0.15, 0.2) is 54.7 Å². The number of nitrogens with zero attached hydrogens (tertiary/aromatic N) is 3. The van der Waals surface area contributed by atoms with E-state index < -0.39 is 0 Å². The van der Waals surface area contributed by atoms with E-state index in [4.69, 9.17) is 0 Å². The van der Waals surface area contributed by atoms with Gasteiger partial charge in [-0.15, -0.1) is 0 Å². The molecule has 2 atom stereocenters. The SMILES string of the molecule is O=C([C@H]1CCCN(c2ccccn2)C1)N1CC[C@H]1c1ccccc1.